The summed E-state index contributed by atoms with van der Waals surface area (Å²) in [6.45, 7) is 9.11. The first-order valence-corrected chi connectivity index (χ1v) is 9.97. The molecule has 29 heavy (non-hydrogen) atoms. The molecule has 2 heterocycles. The van der Waals surface area contributed by atoms with E-state index in [4.69, 9.17) is 9.47 Å². The molecule has 2 atom stereocenters. The number of benzene rings is 1. The third-order valence-corrected chi connectivity index (χ3v) is 5.31. The number of nitrogens with zero attached hydrogens (tertiary/aromatic N) is 3. The number of hydrogen-bond donors (Lipinski definition) is 0. The summed E-state index contributed by atoms with van der Waals surface area (Å²) >= 11 is 0. The minimum Gasteiger partial charge on any atom is -0.469 e. The number of ether oxygens (including phenoxy) is 2. The van der Waals surface area contributed by atoms with Crippen molar-refractivity contribution >= 4 is 11.9 Å². The number of methoxy groups -OCH3 is 1. The Bertz CT molecular complexity index is 878. The number of morpholine rings is 1. The van der Waals surface area contributed by atoms with Gasteiger partial charge in [0.25, 0.3) is 5.91 Å². The first-order valence-electron chi connectivity index (χ1n) is 9.97. The molecular formula is C22H29N3O4. The van der Waals surface area contributed by atoms with Crippen molar-refractivity contribution in [1.29, 1.82) is 0 Å². The highest BCUT2D eigenvalue weighted by Crippen LogP contribution is 2.21. The molecule has 0 radical (unpaired) electrons. The summed E-state index contributed by atoms with van der Waals surface area (Å²) in [5.41, 5.74) is 4.47. The summed E-state index contributed by atoms with van der Waals surface area (Å²) in [5, 5.41) is 4.62. The highest BCUT2D eigenvalue weighted by molar-refractivity contribution is 5.94. The van der Waals surface area contributed by atoms with Gasteiger partial charge < -0.3 is 14.4 Å². The normalized spacial score (nSPS) is 19.3. The van der Waals surface area contributed by atoms with Crippen molar-refractivity contribution in [2.45, 2.75) is 52.7 Å². The van der Waals surface area contributed by atoms with Gasteiger partial charge in [0.2, 0.25) is 0 Å². The maximum Gasteiger partial charge on any atom is 0.305 e. The molecule has 1 aromatic carbocycles. The lowest BCUT2D eigenvalue weighted by Crippen LogP contribution is -2.48. The molecule has 7 heteroatoms. The van der Waals surface area contributed by atoms with E-state index in [1.54, 1.807) is 0 Å². The zero-order valence-electron chi connectivity index (χ0n) is 17.8. The van der Waals surface area contributed by atoms with Gasteiger partial charge >= 0.3 is 5.97 Å². The molecule has 1 aromatic heterocycles. The smallest absolute Gasteiger partial charge is 0.305 e. The number of hydrogen-bond acceptors (Lipinski definition) is 5. The van der Waals surface area contributed by atoms with Crippen molar-refractivity contribution in [3.05, 3.63) is 46.8 Å². The number of carbonyl (C=O) groups is 2. The summed E-state index contributed by atoms with van der Waals surface area (Å²) in [4.78, 5) is 26.2. The molecule has 2 unspecified atom stereocenters. The third kappa shape index (κ3) is 4.67. The van der Waals surface area contributed by atoms with Gasteiger partial charge in [0.1, 0.15) is 0 Å². The van der Waals surface area contributed by atoms with Crippen molar-refractivity contribution in [1.82, 2.24) is 14.7 Å². The quantitative estimate of drug-likeness (QED) is 0.723. The molecule has 156 valence electrons. The van der Waals surface area contributed by atoms with Crippen molar-refractivity contribution in [2.24, 2.45) is 0 Å². The Morgan fingerprint density at radius 3 is 2.34 bits per heavy atom. The van der Waals surface area contributed by atoms with Crippen LogP contribution in [0.1, 0.15) is 47.6 Å². The zero-order valence-corrected chi connectivity index (χ0v) is 17.8. The lowest BCUT2D eigenvalue weighted by molar-refractivity contribution is -0.140. The molecule has 1 aliphatic rings. The second-order valence-corrected chi connectivity index (χ2v) is 7.65. The molecule has 0 aliphatic carbocycles. The van der Waals surface area contributed by atoms with Gasteiger partial charge in [-0.2, -0.15) is 5.10 Å². The van der Waals surface area contributed by atoms with E-state index in [0.717, 1.165) is 22.6 Å². The van der Waals surface area contributed by atoms with Gasteiger partial charge in [-0.1, -0.05) is 0 Å². The topological polar surface area (TPSA) is 73.7 Å². The number of rotatable bonds is 5. The molecule has 1 aliphatic heterocycles. The monoisotopic (exact) mass is 399 g/mol. The summed E-state index contributed by atoms with van der Waals surface area (Å²) in [5.74, 6) is -0.211. The highest BCUT2D eigenvalue weighted by atomic mass is 16.5. The number of amides is 1. The number of carbonyl (C=O) groups excluding carboxylic acids is 2. The fraction of sp³-hybridized carbons (Fsp3) is 0.500. The van der Waals surface area contributed by atoms with E-state index in [2.05, 4.69) is 5.10 Å². The van der Waals surface area contributed by atoms with E-state index in [1.165, 1.54) is 7.11 Å². The van der Waals surface area contributed by atoms with Crippen LogP contribution in [0.5, 0.6) is 0 Å². The van der Waals surface area contributed by atoms with Gasteiger partial charge in [0, 0.05) is 30.8 Å². The summed E-state index contributed by atoms with van der Waals surface area (Å²) in [6, 6.07) is 7.49. The fourth-order valence-corrected chi connectivity index (χ4v) is 3.89. The molecule has 1 fully saturated rings. The minimum atomic E-state index is -0.230. The first kappa shape index (κ1) is 21.0. The maximum atomic E-state index is 12.8. The summed E-state index contributed by atoms with van der Waals surface area (Å²) < 4.78 is 12.3. The Labute approximate surface area is 171 Å². The van der Waals surface area contributed by atoms with Crippen LogP contribution in [0.4, 0.5) is 0 Å². The van der Waals surface area contributed by atoms with Crippen molar-refractivity contribution in [2.75, 3.05) is 20.2 Å². The van der Waals surface area contributed by atoms with Gasteiger partial charge in [-0.05, 0) is 63.9 Å². The molecule has 3 rings (SSSR count). The summed E-state index contributed by atoms with van der Waals surface area (Å²) in [6.07, 6.45) is 1.00. The molecule has 7 nitrogen and oxygen atoms in total. The predicted octanol–water partition coefficient (Wildman–Crippen LogP) is 2.84. The molecule has 0 bridgehead atoms. The van der Waals surface area contributed by atoms with Crippen LogP contribution in [0.2, 0.25) is 0 Å². The second kappa shape index (κ2) is 8.78. The third-order valence-electron chi connectivity index (χ3n) is 5.31. The van der Waals surface area contributed by atoms with Crippen molar-refractivity contribution in [3.8, 4) is 5.69 Å². The SMILES string of the molecule is COC(=O)CCc1c(C)nn(-c2ccc(C(=O)N3CC(C)OC(C)C3)cc2)c1C. The van der Waals surface area contributed by atoms with E-state index in [9.17, 15) is 9.59 Å². The Morgan fingerprint density at radius 2 is 1.76 bits per heavy atom. The van der Waals surface area contributed by atoms with Gasteiger partial charge in [-0.15, -0.1) is 0 Å². The molecule has 0 saturated carbocycles. The molecule has 0 spiro atoms. The van der Waals surface area contributed by atoms with E-state index in [1.807, 2.05) is 61.5 Å². The molecule has 0 N–H and O–H groups in total. The maximum absolute atomic E-state index is 12.8. The highest BCUT2D eigenvalue weighted by Gasteiger charge is 2.26. The Balaban J connectivity index is 1.76. The Hall–Kier alpha value is -2.67. The van der Waals surface area contributed by atoms with Gasteiger partial charge in [0.05, 0.1) is 30.7 Å². The van der Waals surface area contributed by atoms with Gasteiger partial charge in [-0.3, -0.25) is 9.59 Å². The Morgan fingerprint density at radius 1 is 1.14 bits per heavy atom. The van der Waals surface area contributed by atoms with E-state index < -0.39 is 0 Å². The van der Waals surface area contributed by atoms with Crippen LogP contribution in [0.3, 0.4) is 0 Å². The average molecular weight is 399 g/mol. The average Bonchev–Trinajstić information content (AvgIpc) is 2.98. The lowest BCUT2D eigenvalue weighted by Gasteiger charge is -2.35. The Kier molecular flexibility index (Phi) is 6.37. The second-order valence-electron chi connectivity index (χ2n) is 7.65. The number of esters is 1. The van der Waals surface area contributed by atoms with Crippen molar-refractivity contribution in [3.63, 3.8) is 0 Å². The van der Waals surface area contributed by atoms with Crippen LogP contribution >= 0.6 is 0 Å². The minimum absolute atomic E-state index is 0.0192. The van der Waals surface area contributed by atoms with Gasteiger partial charge in [0.15, 0.2) is 0 Å². The van der Waals surface area contributed by atoms with Crippen LogP contribution in [0, 0.1) is 13.8 Å². The lowest BCUT2D eigenvalue weighted by atomic mass is 10.1. The van der Waals surface area contributed by atoms with Crippen LogP contribution in [0.15, 0.2) is 24.3 Å². The van der Waals surface area contributed by atoms with Crippen LogP contribution < -0.4 is 0 Å². The van der Waals surface area contributed by atoms with Crippen LogP contribution in [-0.2, 0) is 20.7 Å². The molecular weight excluding hydrogens is 370 g/mol. The first-order chi connectivity index (χ1) is 13.8. The largest absolute Gasteiger partial charge is 0.469 e. The number of aromatic nitrogens is 2. The predicted molar refractivity (Wildman–Crippen MR) is 109 cm³/mol. The zero-order chi connectivity index (χ0) is 21.1. The van der Waals surface area contributed by atoms with Crippen molar-refractivity contribution < 1.29 is 19.1 Å². The number of aryl methyl sites for hydroxylation is 1. The van der Waals surface area contributed by atoms with Crippen LogP contribution in [0.25, 0.3) is 5.69 Å². The van der Waals surface area contributed by atoms with E-state index >= 15 is 0 Å². The molecule has 2 aromatic rings. The standard InChI is InChI=1S/C22H29N3O4/c1-14-12-24(13-15(2)29-14)22(27)18-6-8-19(9-7-18)25-17(4)20(16(3)23-25)10-11-21(26)28-5/h6-9,14-15H,10-13H2,1-5H3. The van der Waals surface area contributed by atoms with Crippen LogP contribution in [-0.4, -0.2) is 59.0 Å². The fourth-order valence-electron chi connectivity index (χ4n) is 3.89. The van der Waals surface area contributed by atoms with E-state index in [-0.39, 0.29) is 24.1 Å². The van der Waals surface area contributed by atoms with Gasteiger partial charge in [-0.25, -0.2) is 4.68 Å². The molecule has 1 amide bonds. The van der Waals surface area contributed by atoms with E-state index in [0.29, 0.717) is 31.5 Å². The summed E-state index contributed by atoms with van der Waals surface area (Å²) in [7, 11) is 1.40. The molecule has 1 saturated heterocycles.